The molecule has 0 aromatic carbocycles. The molecule has 0 fully saturated rings. The van der Waals surface area contributed by atoms with Crippen molar-refractivity contribution in [3.8, 4) is 0 Å². The van der Waals surface area contributed by atoms with Crippen molar-refractivity contribution in [2.24, 2.45) is 0 Å². The van der Waals surface area contributed by atoms with E-state index in [0.717, 1.165) is 10.0 Å². The van der Waals surface area contributed by atoms with Crippen LogP contribution in [0.25, 0.3) is 0 Å². The summed E-state index contributed by atoms with van der Waals surface area (Å²) in [6.45, 7) is 1.59. The molecule has 1 rings (SSSR count). The summed E-state index contributed by atoms with van der Waals surface area (Å²) in [4.78, 5) is 4.00. The molecule has 3 nitrogen and oxygen atoms in total. The Labute approximate surface area is 94.7 Å². The Balaban J connectivity index is 2.58. The highest BCUT2D eigenvalue weighted by Crippen LogP contribution is 2.16. The number of aliphatic hydroxyl groups is 1. The van der Waals surface area contributed by atoms with Gasteiger partial charge in [0.05, 0.1) is 0 Å². The molecule has 6 heteroatoms. The van der Waals surface area contributed by atoms with Crippen LogP contribution in [-0.2, 0) is 0 Å². The van der Waals surface area contributed by atoms with E-state index in [0.29, 0.717) is 5.82 Å². The van der Waals surface area contributed by atoms with Crippen molar-refractivity contribution in [3.63, 3.8) is 0 Å². The van der Waals surface area contributed by atoms with Crippen LogP contribution in [0.5, 0.6) is 0 Å². The van der Waals surface area contributed by atoms with E-state index in [-0.39, 0.29) is 6.54 Å². The SMILES string of the molecule is Cc1cc(Br)cnc1NCC(O)C(F)F. The predicted molar refractivity (Wildman–Crippen MR) is 57.2 cm³/mol. The Morgan fingerprint density at radius 1 is 1.60 bits per heavy atom. The molecular formula is C9H11BrF2N2O. The van der Waals surface area contributed by atoms with Crippen LogP contribution in [0, 0.1) is 6.92 Å². The first-order valence-electron chi connectivity index (χ1n) is 4.33. The molecule has 0 spiro atoms. The van der Waals surface area contributed by atoms with Gasteiger partial charge in [0.2, 0.25) is 0 Å². The number of halogens is 3. The van der Waals surface area contributed by atoms with Crippen molar-refractivity contribution < 1.29 is 13.9 Å². The van der Waals surface area contributed by atoms with Crippen LogP contribution in [0.1, 0.15) is 5.56 Å². The number of aryl methyl sites for hydroxylation is 1. The number of aromatic nitrogens is 1. The van der Waals surface area contributed by atoms with Crippen molar-refractivity contribution in [2.75, 3.05) is 11.9 Å². The van der Waals surface area contributed by atoms with Crippen LogP contribution in [0.2, 0.25) is 0 Å². The number of pyridine rings is 1. The molecule has 0 amide bonds. The first kappa shape index (κ1) is 12.3. The smallest absolute Gasteiger partial charge is 0.265 e. The van der Waals surface area contributed by atoms with Crippen LogP contribution in [0.3, 0.4) is 0 Å². The fraction of sp³-hybridized carbons (Fsp3) is 0.444. The average Bonchev–Trinajstić information content (AvgIpc) is 2.15. The van der Waals surface area contributed by atoms with Gasteiger partial charge in [0, 0.05) is 17.2 Å². The fourth-order valence-electron chi connectivity index (χ4n) is 1.02. The molecule has 0 bridgehead atoms. The van der Waals surface area contributed by atoms with Crippen molar-refractivity contribution in [2.45, 2.75) is 19.5 Å². The van der Waals surface area contributed by atoms with E-state index >= 15 is 0 Å². The summed E-state index contributed by atoms with van der Waals surface area (Å²) in [6.07, 6.45) is -2.85. The van der Waals surface area contributed by atoms with Crippen LogP contribution in [-0.4, -0.2) is 29.2 Å². The lowest BCUT2D eigenvalue weighted by Crippen LogP contribution is -2.27. The van der Waals surface area contributed by atoms with Gasteiger partial charge in [-0.3, -0.25) is 0 Å². The summed E-state index contributed by atoms with van der Waals surface area (Å²) in [6, 6.07) is 1.81. The van der Waals surface area contributed by atoms with Gasteiger partial charge < -0.3 is 10.4 Å². The zero-order valence-electron chi connectivity index (χ0n) is 8.04. The molecule has 0 aliphatic rings. The van der Waals surface area contributed by atoms with Gasteiger partial charge in [-0.2, -0.15) is 0 Å². The number of aliphatic hydroxyl groups excluding tert-OH is 1. The molecule has 84 valence electrons. The molecule has 0 radical (unpaired) electrons. The maximum atomic E-state index is 12.0. The lowest BCUT2D eigenvalue weighted by atomic mass is 10.3. The van der Waals surface area contributed by atoms with E-state index in [9.17, 15) is 8.78 Å². The van der Waals surface area contributed by atoms with E-state index in [4.69, 9.17) is 5.11 Å². The normalized spacial score (nSPS) is 12.9. The minimum atomic E-state index is -2.74. The van der Waals surface area contributed by atoms with Gasteiger partial charge in [-0.25, -0.2) is 13.8 Å². The van der Waals surface area contributed by atoms with Crippen molar-refractivity contribution in [1.82, 2.24) is 4.98 Å². The van der Waals surface area contributed by atoms with Crippen molar-refractivity contribution >= 4 is 21.7 Å². The zero-order chi connectivity index (χ0) is 11.4. The Kier molecular flexibility index (Phi) is 4.41. The average molecular weight is 281 g/mol. The van der Waals surface area contributed by atoms with E-state index in [1.165, 1.54) is 0 Å². The molecule has 0 aliphatic heterocycles. The zero-order valence-corrected chi connectivity index (χ0v) is 9.63. The summed E-state index contributed by atoms with van der Waals surface area (Å²) < 4.78 is 24.8. The van der Waals surface area contributed by atoms with Gasteiger partial charge >= 0.3 is 0 Å². The van der Waals surface area contributed by atoms with Gasteiger partial charge in [0.15, 0.2) is 0 Å². The molecule has 1 aromatic heterocycles. The Bertz CT molecular complexity index is 336. The molecule has 1 atom stereocenters. The van der Waals surface area contributed by atoms with Crippen LogP contribution in [0.4, 0.5) is 14.6 Å². The fourth-order valence-corrected chi connectivity index (χ4v) is 1.46. The molecule has 0 aliphatic carbocycles. The monoisotopic (exact) mass is 280 g/mol. The first-order chi connectivity index (χ1) is 7.00. The van der Waals surface area contributed by atoms with Crippen molar-refractivity contribution in [3.05, 3.63) is 22.3 Å². The molecule has 1 aromatic rings. The third-order valence-corrected chi connectivity index (χ3v) is 2.25. The van der Waals surface area contributed by atoms with Gasteiger partial charge in [-0.15, -0.1) is 0 Å². The molecule has 1 heterocycles. The minimum absolute atomic E-state index is 0.215. The summed E-state index contributed by atoms with van der Waals surface area (Å²) in [5.41, 5.74) is 0.825. The van der Waals surface area contributed by atoms with E-state index in [2.05, 4.69) is 26.2 Å². The molecular weight excluding hydrogens is 270 g/mol. The Hall–Kier alpha value is -0.750. The molecule has 0 saturated carbocycles. The topological polar surface area (TPSA) is 45.2 Å². The summed E-state index contributed by atoms with van der Waals surface area (Å²) in [7, 11) is 0. The number of alkyl halides is 2. The number of nitrogens with zero attached hydrogens (tertiary/aromatic N) is 1. The predicted octanol–water partition coefficient (Wildman–Crippen LogP) is 2.19. The lowest BCUT2D eigenvalue weighted by molar-refractivity contribution is 0.00380. The molecule has 15 heavy (non-hydrogen) atoms. The van der Waals surface area contributed by atoms with Gasteiger partial charge in [-0.1, -0.05) is 0 Å². The molecule has 2 N–H and O–H groups in total. The van der Waals surface area contributed by atoms with Gasteiger partial charge in [0.25, 0.3) is 6.43 Å². The highest BCUT2D eigenvalue weighted by atomic mass is 79.9. The molecule has 1 unspecified atom stereocenters. The summed E-state index contributed by atoms with van der Waals surface area (Å²) in [5, 5.41) is 11.5. The second kappa shape index (κ2) is 5.37. The number of anilines is 1. The number of hydrogen-bond donors (Lipinski definition) is 2. The number of nitrogens with one attached hydrogen (secondary N) is 1. The van der Waals surface area contributed by atoms with E-state index < -0.39 is 12.5 Å². The maximum absolute atomic E-state index is 12.0. The summed E-state index contributed by atoms with van der Waals surface area (Å²) >= 11 is 3.24. The molecule has 0 saturated heterocycles. The van der Waals surface area contributed by atoms with E-state index in [1.54, 1.807) is 13.1 Å². The Morgan fingerprint density at radius 3 is 2.80 bits per heavy atom. The highest BCUT2D eigenvalue weighted by molar-refractivity contribution is 9.10. The second-order valence-corrected chi connectivity index (χ2v) is 4.02. The van der Waals surface area contributed by atoms with E-state index in [1.807, 2.05) is 6.07 Å². The van der Waals surface area contributed by atoms with Crippen molar-refractivity contribution in [1.29, 1.82) is 0 Å². The van der Waals surface area contributed by atoms with Crippen LogP contribution in [0.15, 0.2) is 16.7 Å². The maximum Gasteiger partial charge on any atom is 0.265 e. The third kappa shape index (κ3) is 3.71. The van der Waals surface area contributed by atoms with Crippen LogP contribution < -0.4 is 5.32 Å². The Morgan fingerprint density at radius 2 is 2.27 bits per heavy atom. The summed E-state index contributed by atoms with van der Waals surface area (Å²) in [5.74, 6) is 0.498. The lowest BCUT2D eigenvalue weighted by Gasteiger charge is -2.12. The minimum Gasteiger partial charge on any atom is -0.385 e. The third-order valence-electron chi connectivity index (χ3n) is 1.81. The largest absolute Gasteiger partial charge is 0.385 e. The number of hydrogen-bond acceptors (Lipinski definition) is 3. The quantitative estimate of drug-likeness (QED) is 0.889. The standard InChI is InChI=1S/C9H11BrF2N2O/c1-5-2-6(10)3-13-9(5)14-4-7(15)8(11)12/h2-3,7-8,15H,4H2,1H3,(H,13,14). The first-order valence-corrected chi connectivity index (χ1v) is 5.12. The van der Waals surface area contributed by atoms with Crippen LogP contribution >= 0.6 is 15.9 Å². The second-order valence-electron chi connectivity index (χ2n) is 3.10. The number of rotatable bonds is 4. The highest BCUT2D eigenvalue weighted by Gasteiger charge is 2.16. The van der Waals surface area contributed by atoms with Gasteiger partial charge in [-0.05, 0) is 34.5 Å². The van der Waals surface area contributed by atoms with Gasteiger partial charge in [0.1, 0.15) is 11.9 Å².